The molecule has 0 aliphatic carbocycles. The number of nitrogens with one attached hydrogen (secondary N) is 1. The molecule has 5 heteroatoms. The summed E-state index contributed by atoms with van der Waals surface area (Å²) >= 11 is 0. The summed E-state index contributed by atoms with van der Waals surface area (Å²) < 4.78 is 5.75. The van der Waals surface area contributed by atoms with Crippen molar-refractivity contribution in [2.45, 2.75) is 52.6 Å². The van der Waals surface area contributed by atoms with Gasteiger partial charge in [0, 0.05) is 13.0 Å². The van der Waals surface area contributed by atoms with Crippen molar-refractivity contribution >= 4 is 11.9 Å². The molecule has 0 spiro atoms. The number of carbonyl (C=O) groups excluding carboxylic acids is 1. The highest BCUT2D eigenvalue weighted by atomic mass is 16.5. The summed E-state index contributed by atoms with van der Waals surface area (Å²) in [5, 5.41) is 11.2. The van der Waals surface area contributed by atoms with Crippen LogP contribution in [0, 0.1) is 6.92 Å². The van der Waals surface area contributed by atoms with E-state index >= 15 is 0 Å². The van der Waals surface area contributed by atoms with Crippen LogP contribution in [0.5, 0.6) is 5.75 Å². The van der Waals surface area contributed by atoms with E-state index in [1.165, 1.54) is 0 Å². The van der Waals surface area contributed by atoms with Gasteiger partial charge in [-0.2, -0.15) is 0 Å². The molecule has 0 aliphatic rings. The zero-order valence-corrected chi connectivity index (χ0v) is 13.7. The molecule has 0 saturated heterocycles. The van der Waals surface area contributed by atoms with Gasteiger partial charge in [0.1, 0.15) is 5.75 Å². The zero-order chi connectivity index (χ0) is 16.7. The van der Waals surface area contributed by atoms with Gasteiger partial charge in [-0.3, -0.25) is 9.59 Å². The number of ether oxygens (including phenoxy) is 1. The minimum absolute atomic E-state index is 0.0467. The highest BCUT2D eigenvalue weighted by molar-refractivity contribution is 5.80. The van der Waals surface area contributed by atoms with E-state index in [2.05, 4.69) is 25.2 Å². The fraction of sp³-hybridized carbons (Fsp3) is 0.529. The number of aryl methyl sites for hydroxylation is 1. The largest absolute Gasteiger partial charge is 0.481 e. The smallest absolute Gasteiger partial charge is 0.303 e. The molecule has 0 aliphatic heterocycles. The second kappa shape index (κ2) is 8.41. The number of aliphatic carboxylic acids is 1. The first-order chi connectivity index (χ1) is 10.3. The summed E-state index contributed by atoms with van der Waals surface area (Å²) in [5.41, 5.74) is 2.14. The Bertz CT molecular complexity index is 525. The summed E-state index contributed by atoms with van der Waals surface area (Å²) in [6.45, 7) is 8.18. The Morgan fingerprint density at radius 2 is 1.95 bits per heavy atom. The normalized spacial score (nSPS) is 12.0. The number of benzene rings is 1. The number of rotatable bonds is 8. The molecule has 0 aromatic heterocycles. The highest BCUT2D eigenvalue weighted by Crippen LogP contribution is 2.25. The van der Waals surface area contributed by atoms with Crippen molar-refractivity contribution in [1.82, 2.24) is 5.32 Å². The molecule has 0 fully saturated rings. The van der Waals surface area contributed by atoms with Gasteiger partial charge in [0.2, 0.25) is 0 Å². The van der Waals surface area contributed by atoms with Crippen molar-refractivity contribution in [3.63, 3.8) is 0 Å². The first-order valence-electron chi connectivity index (χ1n) is 7.58. The molecule has 5 nitrogen and oxygen atoms in total. The van der Waals surface area contributed by atoms with Crippen LogP contribution < -0.4 is 10.1 Å². The molecule has 1 amide bonds. The topological polar surface area (TPSA) is 75.6 Å². The Balaban J connectivity index is 2.56. The maximum Gasteiger partial charge on any atom is 0.303 e. The third-order valence-electron chi connectivity index (χ3n) is 3.42. The fourth-order valence-corrected chi connectivity index (χ4v) is 1.94. The molecule has 1 rings (SSSR count). The Kier molecular flexibility index (Phi) is 6.89. The van der Waals surface area contributed by atoms with Crippen molar-refractivity contribution in [3.05, 3.63) is 29.3 Å². The van der Waals surface area contributed by atoms with Crippen LogP contribution in [-0.2, 0) is 9.59 Å². The summed E-state index contributed by atoms with van der Waals surface area (Å²) in [6.07, 6.45) is -0.160. The number of carboxylic acids is 1. The Labute approximate surface area is 131 Å². The number of carbonyl (C=O) groups is 2. The maximum atomic E-state index is 11.9. The van der Waals surface area contributed by atoms with Gasteiger partial charge in [-0.1, -0.05) is 26.0 Å². The molecule has 2 N–H and O–H groups in total. The van der Waals surface area contributed by atoms with E-state index in [9.17, 15) is 9.59 Å². The summed E-state index contributed by atoms with van der Waals surface area (Å²) in [7, 11) is 0. The summed E-state index contributed by atoms with van der Waals surface area (Å²) in [4.78, 5) is 22.3. The van der Waals surface area contributed by atoms with Gasteiger partial charge in [-0.25, -0.2) is 0 Å². The van der Waals surface area contributed by atoms with Crippen LogP contribution >= 0.6 is 0 Å². The van der Waals surface area contributed by atoms with Gasteiger partial charge < -0.3 is 15.2 Å². The quantitative estimate of drug-likeness (QED) is 0.724. The second-order valence-electron chi connectivity index (χ2n) is 5.73. The SMILES string of the molecule is Cc1ccc(C(C)C)cc1OC(C)C(=O)NCCCC(=O)O. The van der Waals surface area contributed by atoms with Gasteiger partial charge in [-0.15, -0.1) is 0 Å². The predicted octanol–water partition coefficient (Wildman–Crippen LogP) is 2.87. The van der Waals surface area contributed by atoms with Crippen LogP contribution in [0.25, 0.3) is 0 Å². The fourth-order valence-electron chi connectivity index (χ4n) is 1.94. The van der Waals surface area contributed by atoms with Gasteiger partial charge >= 0.3 is 5.97 Å². The lowest BCUT2D eigenvalue weighted by atomic mass is 10.0. The van der Waals surface area contributed by atoms with Crippen LogP contribution in [0.3, 0.4) is 0 Å². The molecule has 1 aromatic carbocycles. The van der Waals surface area contributed by atoms with Crippen molar-refractivity contribution in [2.75, 3.05) is 6.54 Å². The molecule has 22 heavy (non-hydrogen) atoms. The average molecular weight is 307 g/mol. The monoisotopic (exact) mass is 307 g/mol. The number of amides is 1. The maximum absolute atomic E-state index is 11.9. The Morgan fingerprint density at radius 1 is 1.27 bits per heavy atom. The highest BCUT2D eigenvalue weighted by Gasteiger charge is 2.16. The molecule has 0 bridgehead atoms. The minimum atomic E-state index is -0.861. The lowest BCUT2D eigenvalue weighted by Gasteiger charge is -2.17. The molecule has 1 aromatic rings. The lowest BCUT2D eigenvalue weighted by molar-refractivity contribution is -0.137. The predicted molar refractivity (Wildman–Crippen MR) is 85.2 cm³/mol. The van der Waals surface area contributed by atoms with Crippen molar-refractivity contribution < 1.29 is 19.4 Å². The number of hydrogen-bond donors (Lipinski definition) is 2. The third kappa shape index (κ3) is 5.76. The Hall–Kier alpha value is -2.04. The number of carboxylic acid groups (broad SMARTS) is 1. The van der Waals surface area contributed by atoms with Crippen LogP contribution in [-0.4, -0.2) is 29.6 Å². The van der Waals surface area contributed by atoms with E-state index in [1.807, 2.05) is 19.1 Å². The van der Waals surface area contributed by atoms with Crippen LogP contribution in [0.4, 0.5) is 0 Å². The van der Waals surface area contributed by atoms with E-state index in [4.69, 9.17) is 9.84 Å². The average Bonchev–Trinajstić information content (AvgIpc) is 2.45. The van der Waals surface area contributed by atoms with E-state index in [1.54, 1.807) is 6.92 Å². The van der Waals surface area contributed by atoms with Gasteiger partial charge in [0.05, 0.1) is 0 Å². The van der Waals surface area contributed by atoms with Crippen LogP contribution in [0.2, 0.25) is 0 Å². The number of hydrogen-bond acceptors (Lipinski definition) is 3. The van der Waals surface area contributed by atoms with E-state index in [-0.39, 0.29) is 12.3 Å². The molecule has 122 valence electrons. The summed E-state index contributed by atoms with van der Waals surface area (Å²) in [5.74, 6) is 0.00176. The van der Waals surface area contributed by atoms with E-state index in [0.29, 0.717) is 24.6 Å². The van der Waals surface area contributed by atoms with Crippen molar-refractivity contribution in [1.29, 1.82) is 0 Å². The minimum Gasteiger partial charge on any atom is -0.481 e. The molecular weight excluding hydrogens is 282 g/mol. The van der Waals surface area contributed by atoms with Crippen LogP contribution in [0.15, 0.2) is 18.2 Å². The molecule has 0 radical (unpaired) electrons. The first-order valence-corrected chi connectivity index (χ1v) is 7.58. The standard InChI is InChI=1S/C17H25NO4/c1-11(2)14-8-7-12(3)15(10-14)22-13(4)17(21)18-9-5-6-16(19)20/h7-8,10-11,13H,5-6,9H2,1-4H3,(H,18,21)(H,19,20). The van der Waals surface area contributed by atoms with Crippen LogP contribution in [0.1, 0.15) is 50.7 Å². The molecule has 1 atom stereocenters. The van der Waals surface area contributed by atoms with Crippen molar-refractivity contribution in [3.8, 4) is 5.75 Å². The van der Waals surface area contributed by atoms with Gasteiger partial charge in [0.15, 0.2) is 6.10 Å². The Morgan fingerprint density at radius 3 is 2.55 bits per heavy atom. The molecular formula is C17H25NO4. The first kappa shape index (κ1) is 18.0. The van der Waals surface area contributed by atoms with Gasteiger partial charge in [0.25, 0.3) is 5.91 Å². The molecule has 1 unspecified atom stereocenters. The van der Waals surface area contributed by atoms with E-state index < -0.39 is 12.1 Å². The second-order valence-corrected chi connectivity index (χ2v) is 5.73. The molecule has 0 heterocycles. The zero-order valence-electron chi connectivity index (χ0n) is 13.7. The summed E-state index contributed by atoms with van der Waals surface area (Å²) in [6, 6.07) is 6.01. The third-order valence-corrected chi connectivity index (χ3v) is 3.42. The molecule has 0 saturated carbocycles. The lowest BCUT2D eigenvalue weighted by Crippen LogP contribution is -2.37. The van der Waals surface area contributed by atoms with Gasteiger partial charge in [-0.05, 0) is 43.4 Å². The van der Waals surface area contributed by atoms with E-state index in [0.717, 1.165) is 11.1 Å². The van der Waals surface area contributed by atoms with Crippen molar-refractivity contribution in [2.24, 2.45) is 0 Å².